The molecule has 0 aromatic rings. The van der Waals surface area contributed by atoms with Gasteiger partial charge in [-0.3, -0.25) is 4.99 Å². The summed E-state index contributed by atoms with van der Waals surface area (Å²) in [5.41, 5.74) is 0. The summed E-state index contributed by atoms with van der Waals surface area (Å²) >= 11 is 1.79. The molecule has 0 saturated heterocycles. The van der Waals surface area contributed by atoms with Crippen molar-refractivity contribution in [2.24, 2.45) is 10.9 Å². The van der Waals surface area contributed by atoms with Crippen molar-refractivity contribution in [2.45, 2.75) is 13.8 Å². The number of hydrogen-bond donors (Lipinski definition) is 1. The van der Waals surface area contributed by atoms with Crippen LogP contribution in [0.15, 0.2) is 4.99 Å². The molecule has 76 valence electrons. The Bertz CT molecular complexity index is 171. The highest BCUT2D eigenvalue weighted by atomic mass is 32.2. The van der Waals surface area contributed by atoms with Crippen molar-refractivity contribution in [1.29, 1.82) is 0 Å². The van der Waals surface area contributed by atoms with Crippen molar-refractivity contribution < 1.29 is 4.74 Å². The van der Waals surface area contributed by atoms with E-state index in [0.29, 0.717) is 5.92 Å². The van der Waals surface area contributed by atoms with E-state index in [-0.39, 0.29) is 0 Å². The van der Waals surface area contributed by atoms with Gasteiger partial charge in [0, 0.05) is 18.9 Å². The van der Waals surface area contributed by atoms with Gasteiger partial charge in [0.15, 0.2) is 5.17 Å². The Morgan fingerprint density at radius 1 is 1.62 bits per heavy atom. The Hall–Kier alpha value is -0.220. The predicted octanol–water partition coefficient (Wildman–Crippen LogP) is 1.35. The molecule has 0 radical (unpaired) electrons. The number of ether oxygens (including phenoxy) is 1. The standard InChI is InChI=1S/C9H18N2OS/c1-8(2)7-12-5-3-10-9-11-4-6-13-9/h8H,3-7H2,1-2H3,(H,10,11). The lowest BCUT2D eigenvalue weighted by Gasteiger charge is -2.07. The van der Waals surface area contributed by atoms with E-state index in [2.05, 4.69) is 24.2 Å². The Morgan fingerprint density at radius 3 is 3.08 bits per heavy atom. The monoisotopic (exact) mass is 202 g/mol. The van der Waals surface area contributed by atoms with Gasteiger partial charge in [0.05, 0.1) is 13.2 Å². The lowest BCUT2D eigenvalue weighted by atomic mass is 10.2. The van der Waals surface area contributed by atoms with Gasteiger partial charge in [-0.15, -0.1) is 0 Å². The third-order valence-electron chi connectivity index (χ3n) is 1.56. The zero-order chi connectivity index (χ0) is 9.52. The van der Waals surface area contributed by atoms with E-state index in [4.69, 9.17) is 4.74 Å². The number of aliphatic imine (C=N–C) groups is 1. The first kappa shape index (κ1) is 10.9. The Labute approximate surface area is 84.3 Å². The largest absolute Gasteiger partial charge is 0.379 e. The van der Waals surface area contributed by atoms with Crippen LogP contribution < -0.4 is 5.32 Å². The maximum atomic E-state index is 5.43. The summed E-state index contributed by atoms with van der Waals surface area (Å²) in [5.74, 6) is 1.74. The molecular formula is C9H18N2OS. The third kappa shape index (κ3) is 5.16. The summed E-state index contributed by atoms with van der Waals surface area (Å²) in [7, 11) is 0. The molecule has 0 atom stereocenters. The SMILES string of the molecule is CC(C)COCCNC1=NCCS1. The fourth-order valence-corrected chi connectivity index (χ4v) is 1.75. The van der Waals surface area contributed by atoms with Crippen molar-refractivity contribution in [3.05, 3.63) is 0 Å². The molecule has 0 fully saturated rings. The number of rotatable bonds is 5. The second-order valence-electron chi connectivity index (χ2n) is 3.43. The Kier molecular flexibility index (Phi) is 5.23. The van der Waals surface area contributed by atoms with Crippen LogP contribution in [0.3, 0.4) is 0 Å². The number of amidine groups is 1. The highest BCUT2D eigenvalue weighted by molar-refractivity contribution is 8.14. The molecule has 0 aromatic carbocycles. The van der Waals surface area contributed by atoms with E-state index in [1.165, 1.54) is 0 Å². The van der Waals surface area contributed by atoms with Gasteiger partial charge >= 0.3 is 0 Å². The topological polar surface area (TPSA) is 33.6 Å². The van der Waals surface area contributed by atoms with Crippen LogP contribution in [-0.4, -0.2) is 37.2 Å². The van der Waals surface area contributed by atoms with Crippen LogP contribution in [0.25, 0.3) is 0 Å². The van der Waals surface area contributed by atoms with Gasteiger partial charge in [-0.05, 0) is 5.92 Å². The molecule has 0 bridgehead atoms. The van der Waals surface area contributed by atoms with Crippen molar-refractivity contribution in [1.82, 2.24) is 5.32 Å². The first-order valence-corrected chi connectivity index (χ1v) is 5.76. The van der Waals surface area contributed by atoms with Crippen LogP contribution in [0, 0.1) is 5.92 Å². The van der Waals surface area contributed by atoms with Gasteiger partial charge in [0.1, 0.15) is 0 Å². The van der Waals surface area contributed by atoms with Crippen molar-refractivity contribution in [3.8, 4) is 0 Å². The first-order chi connectivity index (χ1) is 6.29. The van der Waals surface area contributed by atoms with Crippen molar-refractivity contribution in [3.63, 3.8) is 0 Å². The normalized spacial score (nSPS) is 16.4. The number of thioether (sulfide) groups is 1. The minimum absolute atomic E-state index is 0.623. The summed E-state index contributed by atoms with van der Waals surface area (Å²) in [5, 5.41) is 4.32. The molecule has 0 amide bonds. The summed E-state index contributed by atoms with van der Waals surface area (Å²) in [6.45, 7) is 7.77. The molecule has 4 heteroatoms. The van der Waals surface area contributed by atoms with Gasteiger partial charge in [-0.25, -0.2) is 0 Å². The van der Waals surface area contributed by atoms with Crippen LogP contribution in [-0.2, 0) is 4.74 Å². The van der Waals surface area contributed by atoms with Crippen LogP contribution in [0.4, 0.5) is 0 Å². The van der Waals surface area contributed by atoms with Crippen molar-refractivity contribution in [2.75, 3.05) is 32.1 Å². The van der Waals surface area contributed by atoms with Crippen molar-refractivity contribution >= 4 is 16.9 Å². The molecule has 0 spiro atoms. The molecule has 0 unspecified atom stereocenters. The number of nitrogens with one attached hydrogen (secondary N) is 1. The Balaban J connectivity index is 1.89. The molecule has 13 heavy (non-hydrogen) atoms. The second kappa shape index (κ2) is 6.27. The molecule has 1 aliphatic rings. The number of nitrogens with zero attached hydrogens (tertiary/aromatic N) is 1. The average molecular weight is 202 g/mol. The molecule has 0 aliphatic carbocycles. The minimum Gasteiger partial charge on any atom is -0.379 e. The summed E-state index contributed by atoms with van der Waals surface area (Å²) in [6.07, 6.45) is 0. The third-order valence-corrected chi connectivity index (χ3v) is 2.49. The molecule has 0 aromatic heterocycles. The smallest absolute Gasteiger partial charge is 0.156 e. The van der Waals surface area contributed by atoms with E-state index < -0.39 is 0 Å². The summed E-state index contributed by atoms with van der Waals surface area (Å²) < 4.78 is 5.43. The van der Waals surface area contributed by atoms with Gasteiger partial charge in [-0.1, -0.05) is 25.6 Å². The van der Waals surface area contributed by atoms with E-state index >= 15 is 0 Å². The zero-order valence-electron chi connectivity index (χ0n) is 8.38. The molecule has 1 aliphatic heterocycles. The molecule has 3 nitrogen and oxygen atoms in total. The molecule has 1 N–H and O–H groups in total. The average Bonchev–Trinajstić information content (AvgIpc) is 2.55. The maximum Gasteiger partial charge on any atom is 0.156 e. The fourth-order valence-electron chi connectivity index (χ4n) is 0.991. The predicted molar refractivity (Wildman–Crippen MR) is 58.4 cm³/mol. The van der Waals surface area contributed by atoms with Crippen LogP contribution in [0.2, 0.25) is 0 Å². The first-order valence-electron chi connectivity index (χ1n) is 4.78. The zero-order valence-corrected chi connectivity index (χ0v) is 9.19. The van der Waals surface area contributed by atoms with E-state index in [0.717, 1.165) is 37.2 Å². The van der Waals surface area contributed by atoms with E-state index in [1.807, 2.05) is 0 Å². The minimum atomic E-state index is 0.623. The van der Waals surface area contributed by atoms with Crippen LogP contribution in [0.5, 0.6) is 0 Å². The van der Waals surface area contributed by atoms with Crippen LogP contribution in [0.1, 0.15) is 13.8 Å². The quantitative estimate of drug-likeness (QED) is 0.683. The molecule has 0 saturated carbocycles. The van der Waals surface area contributed by atoms with E-state index in [1.54, 1.807) is 11.8 Å². The number of hydrogen-bond acceptors (Lipinski definition) is 4. The summed E-state index contributed by atoms with van der Waals surface area (Å²) in [4.78, 5) is 4.28. The van der Waals surface area contributed by atoms with Gasteiger partial charge in [-0.2, -0.15) is 0 Å². The van der Waals surface area contributed by atoms with Gasteiger partial charge in [0.25, 0.3) is 0 Å². The highest BCUT2D eigenvalue weighted by Crippen LogP contribution is 2.08. The fraction of sp³-hybridized carbons (Fsp3) is 0.889. The van der Waals surface area contributed by atoms with Gasteiger partial charge in [0.2, 0.25) is 0 Å². The van der Waals surface area contributed by atoms with Gasteiger partial charge < -0.3 is 10.1 Å². The lowest BCUT2D eigenvalue weighted by molar-refractivity contribution is 0.114. The van der Waals surface area contributed by atoms with Crippen LogP contribution >= 0.6 is 11.8 Å². The second-order valence-corrected chi connectivity index (χ2v) is 4.51. The molecular weight excluding hydrogens is 184 g/mol. The molecule has 1 rings (SSSR count). The maximum absolute atomic E-state index is 5.43. The summed E-state index contributed by atoms with van der Waals surface area (Å²) in [6, 6.07) is 0. The highest BCUT2D eigenvalue weighted by Gasteiger charge is 2.04. The lowest BCUT2D eigenvalue weighted by Crippen LogP contribution is -2.24. The molecule has 1 heterocycles. The Morgan fingerprint density at radius 2 is 2.46 bits per heavy atom. The van der Waals surface area contributed by atoms with E-state index in [9.17, 15) is 0 Å².